The average Bonchev–Trinajstić information content (AvgIpc) is 2.96. The molecule has 0 fully saturated rings. The third kappa shape index (κ3) is 7.88. The van der Waals surface area contributed by atoms with E-state index in [1.54, 1.807) is 54.6 Å². The Balaban J connectivity index is 1.96. The van der Waals surface area contributed by atoms with Gasteiger partial charge < -0.3 is 10.6 Å². The third-order valence-corrected chi connectivity index (χ3v) is 5.99. The number of para-hydroxylation sites is 1. The van der Waals surface area contributed by atoms with Crippen molar-refractivity contribution in [1.82, 2.24) is 5.32 Å². The van der Waals surface area contributed by atoms with E-state index in [1.807, 2.05) is 0 Å². The van der Waals surface area contributed by atoms with Crippen LogP contribution in [0.4, 0.5) is 32.0 Å². The summed E-state index contributed by atoms with van der Waals surface area (Å²) in [5.41, 5.74) is 4.80. The number of quaternary nitrogens is 1. The molecule has 204 valence electrons. The molecule has 0 aliphatic carbocycles. The predicted molar refractivity (Wildman–Crippen MR) is 125 cm³/mol. The van der Waals surface area contributed by atoms with Gasteiger partial charge in [-0.3, -0.25) is 15.3 Å². The Labute approximate surface area is 213 Å². The van der Waals surface area contributed by atoms with Crippen LogP contribution in [0.1, 0.15) is 36.8 Å². The molecular formula is C25H25F6N4O3+. The lowest BCUT2D eigenvalue weighted by Crippen LogP contribution is -2.63. The second kappa shape index (κ2) is 11.8. The largest absolute Gasteiger partial charge is 0.389 e. The Morgan fingerprint density at radius 3 is 2.03 bits per heavy atom. The molecule has 3 rings (SSSR count). The van der Waals surface area contributed by atoms with Crippen LogP contribution in [0.2, 0.25) is 0 Å². The van der Waals surface area contributed by atoms with E-state index in [2.05, 4.69) is 21.4 Å². The fraction of sp³-hybridized carbons (Fsp3) is 0.360. The van der Waals surface area contributed by atoms with Gasteiger partial charge in [0.15, 0.2) is 0 Å². The van der Waals surface area contributed by atoms with Gasteiger partial charge >= 0.3 is 18.3 Å². The van der Waals surface area contributed by atoms with Crippen molar-refractivity contribution in [2.75, 3.05) is 5.32 Å². The number of halogens is 6. The lowest BCUT2D eigenvalue weighted by atomic mass is 9.83. The molecule has 3 amide bonds. The van der Waals surface area contributed by atoms with Crippen LogP contribution in [0, 0.1) is 11.8 Å². The summed E-state index contributed by atoms with van der Waals surface area (Å²) < 4.78 is 77.5. The first-order chi connectivity index (χ1) is 17.7. The van der Waals surface area contributed by atoms with Gasteiger partial charge in [0.2, 0.25) is 12.1 Å². The van der Waals surface area contributed by atoms with Gasteiger partial charge in [0.25, 0.3) is 5.91 Å². The van der Waals surface area contributed by atoms with Crippen molar-refractivity contribution in [3.05, 3.63) is 65.7 Å². The van der Waals surface area contributed by atoms with E-state index in [4.69, 9.17) is 0 Å². The molecule has 3 unspecified atom stereocenters. The number of hydrogen-bond acceptors (Lipinski definition) is 4. The van der Waals surface area contributed by atoms with E-state index in [0.29, 0.717) is 22.5 Å². The number of rotatable bonds is 9. The smallest absolute Gasteiger partial charge is 0.326 e. The summed E-state index contributed by atoms with van der Waals surface area (Å²) >= 11 is 0. The van der Waals surface area contributed by atoms with Crippen LogP contribution >= 0.6 is 0 Å². The van der Waals surface area contributed by atoms with Crippen molar-refractivity contribution in [3.63, 3.8) is 0 Å². The maximum atomic E-state index is 13.2. The number of amides is 3. The predicted octanol–water partition coefficient (Wildman–Crippen LogP) is 3.60. The Bertz CT molecular complexity index is 1200. The molecule has 2 aromatic carbocycles. The van der Waals surface area contributed by atoms with E-state index in [-0.39, 0.29) is 0 Å². The normalized spacial score (nSPS) is 17.4. The SMILES string of the molecule is [NH3+]C(=O)C(CCC(F)(F)F)C(CCC(F)(F)F)C(=O)NC1N=C(c2ccccc2)c2ccccc2NC1=O. The van der Waals surface area contributed by atoms with Crippen molar-refractivity contribution < 1.29 is 46.5 Å². The quantitative estimate of drug-likeness (QED) is 0.420. The van der Waals surface area contributed by atoms with Gasteiger partial charge in [-0.15, -0.1) is 0 Å². The first-order valence-corrected chi connectivity index (χ1v) is 11.6. The number of benzodiazepines with no additional fused rings is 1. The fourth-order valence-corrected chi connectivity index (χ4v) is 4.16. The van der Waals surface area contributed by atoms with Gasteiger partial charge in [0.1, 0.15) is 0 Å². The van der Waals surface area contributed by atoms with E-state index in [9.17, 15) is 40.7 Å². The number of carbonyl (C=O) groups is 3. The van der Waals surface area contributed by atoms with Crippen LogP contribution < -0.4 is 16.4 Å². The average molecular weight is 543 g/mol. The van der Waals surface area contributed by atoms with Crippen molar-refractivity contribution in [3.8, 4) is 0 Å². The molecule has 7 nitrogen and oxygen atoms in total. The van der Waals surface area contributed by atoms with Gasteiger partial charge in [-0.25, -0.2) is 9.79 Å². The molecule has 13 heteroatoms. The molecule has 0 saturated carbocycles. The van der Waals surface area contributed by atoms with Crippen LogP contribution in [-0.2, 0) is 14.4 Å². The standard InChI is InChI=1S/C25H24F6N4O3/c26-24(27,28)12-10-15(20(32)36)16(11-13-25(29,30)31)22(37)35-21-23(38)33-18-9-5-4-8-17(18)19(34-21)14-6-2-1-3-7-14/h1-9,15-16,21H,10-13H2,(H2,32,36)(H,33,38)(H,35,37)/p+1. The van der Waals surface area contributed by atoms with Crippen molar-refractivity contribution in [2.24, 2.45) is 16.8 Å². The highest BCUT2D eigenvalue weighted by atomic mass is 19.4. The zero-order valence-corrected chi connectivity index (χ0v) is 19.9. The van der Waals surface area contributed by atoms with Crippen LogP contribution in [-0.4, -0.2) is 42.0 Å². The molecule has 38 heavy (non-hydrogen) atoms. The molecule has 0 aromatic heterocycles. The second-order valence-electron chi connectivity index (χ2n) is 8.78. The van der Waals surface area contributed by atoms with Crippen LogP contribution in [0.25, 0.3) is 0 Å². The number of hydrogen-bond donors (Lipinski definition) is 3. The Hall–Kier alpha value is -3.74. The zero-order valence-electron chi connectivity index (χ0n) is 19.9. The Morgan fingerprint density at radius 1 is 0.895 bits per heavy atom. The third-order valence-electron chi connectivity index (χ3n) is 5.99. The fourth-order valence-electron chi connectivity index (χ4n) is 4.16. The summed E-state index contributed by atoms with van der Waals surface area (Å²) in [5, 5.41) is 4.84. The minimum atomic E-state index is -4.74. The summed E-state index contributed by atoms with van der Waals surface area (Å²) in [6, 6.07) is 15.2. The van der Waals surface area contributed by atoms with Crippen molar-refractivity contribution in [1.29, 1.82) is 0 Å². The number of alkyl halides is 6. The lowest BCUT2D eigenvalue weighted by molar-refractivity contribution is -0.314. The van der Waals surface area contributed by atoms with Crippen LogP contribution in [0.5, 0.6) is 0 Å². The monoisotopic (exact) mass is 543 g/mol. The molecule has 0 radical (unpaired) electrons. The molecular weight excluding hydrogens is 518 g/mol. The number of nitrogens with zero attached hydrogens (tertiary/aromatic N) is 1. The molecule has 5 N–H and O–H groups in total. The minimum absolute atomic E-state index is 0.290. The first-order valence-electron chi connectivity index (χ1n) is 11.6. The van der Waals surface area contributed by atoms with E-state index in [1.165, 1.54) is 0 Å². The molecule has 2 aromatic rings. The van der Waals surface area contributed by atoms with E-state index >= 15 is 0 Å². The number of fused-ring (bicyclic) bond motifs is 1. The highest BCUT2D eigenvalue weighted by Crippen LogP contribution is 2.32. The molecule has 0 bridgehead atoms. The van der Waals surface area contributed by atoms with Gasteiger partial charge in [-0.1, -0.05) is 48.5 Å². The Morgan fingerprint density at radius 2 is 1.45 bits per heavy atom. The summed E-state index contributed by atoms with van der Waals surface area (Å²) in [6.45, 7) is 0. The van der Waals surface area contributed by atoms with Gasteiger partial charge in [-0.05, 0) is 18.9 Å². The maximum absolute atomic E-state index is 13.2. The molecule has 1 heterocycles. The topological polar surface area (TPSA) is 115 Å². The van der Waals surface area contributed by atoms with Gasteiger partial charge in [0, 0.05) is 24.0 Å². The summed E-state index contributed by atoms with van der Waals surface area (Å²) in [6.07, 6.45) is -16.0. The molecule has 0 spiro atoms. The zero-order chi connectivity index (χ0) is 28.1. The number of anilines is 1. The highest BCUT2D eigenvalue weighted by molar-refractivity contribution is 6.19. The first kappa shape index (κ1) is 28.8. The summed E-state index contributed by atoms with van der Waals surface area (Å²) in [7, 11) is 0. The van der Waals surface area contributed by atoms with Crippen molar-refractivity contribution in [2.45, 2.75) is 44.2 Å². The highest BCUT2D eigenvalue weighted by Gasteiger charge is 2.41. The molecule has 1 aliphatic rings. The van der Waals surface area contributed by atoms with Gasteiger partial charge in [0.05, 0.1) is 23.2 Å². The lowest BCUT2D eigenvalue weighted by Gasteiger charge is -2.25. The number of benzene rings is 2. The minimum Gasteiger partial charge on any atom is -0.326 e. The number of carbonyl (C=O) groups excluding carboxylic acids is 3. The molecule has 1 aliphatic heterocycles. The Kier molecular flexibility index (Phi) is 8.92. The molecule has 3 atom stereocenters. The van der Waals surface area contributed by atoms with E-state index in [0.717, 1.165) is 0 Å². The van der Waals surface area contributed by atoms with Gasteiger partial charge in [-0.2, -0.15) is 26.3 Å². The molecule has 0 saturated heterocycles. The van der Waals surface area contributed by atoms with Crippen molar-refractivity contribution >= 4 is 29.1 Å². The number of nitrogens with one attached hydrogen (secondary N) is 2. The van der Waals surface area contributed by atoms with Crippen LogP contribution in [0.3, 0.4) is 0 Å². The number of aliphatic imine (C=N–C) groups is 1. The second-order valence-corrected chi connectivity index (χ2v) is 8.78. The summed E-state index contributed by atoms with van der Waals surface area (Å²) in [5.74, 6) is -6.71. The van der Waals surface area contributed by atoms with E-state index < -0.39 is 73.8 Å². The summed E-state index contributed by atoms with van der Waals surface area (Å²) in [4.78, 5) is 42.6. The van der Waals surface area contributed by atoms with Crippen LogP contribution in [0.15, 0.2) is 59.6 Å². The maximum Gasteiger partial charge on any atom is 0.389 e.